The zero-order valence-corrected chi connectivity index (χ0v) is 29.5. The molecule has 11 N–H and O–H groups in total. The fourth-order valence-corrected chi connectivity index (χ4v) is 6.41. The van der Waals surface area contributed by atoms with Gasteiger partial charge in [-0.1, -0.05) is 0 Å². The lowest BCUT2D eigenvalue weighted by Gasteiger charge is -2.45. The lowest BCUT2D eigenvalue weighted by molar-refractivity contribution is -0.354. The van der Waals surface area contributed by atoms with Crippen molar-refractivity contribution in [3.8, 4) is 34.3 Å². The highest BCUT2D eigenvalue weighted by atomic mass is 16.8. The molecular formula is C35H42O21. The van der Waals surface area contributed by atoms with E-state index in [1.54, 1.807) is 0 Å². The molecule has 15 atom stereocenters. The van der Waals surface area contributed by atoms with E-state index in [1.807, 2.05) is 0 Å². The average molecular weight is 799 g/mol. The largest absolute Gasteiger partial charge is 0.508 e. The second-order valence-corrected chi connectivity index (χ2v) is 13.5. The second-order valence-electron chi connectivity index (χ2n) is 13.5. The number of phenolic OH excluding ortho intramolecular Hbond substituents is 2. The van der Waals surface area contributed by atoms with Crippen LogP contribution < -0.4 is 14.9 Å². The number of benzene rings is 2. The summed E-state index contributed by atoms with van der Waals surface area (Å²) in [5.41, 5.74) is -1.35. The van der Waals surface area contributed by atoms with E-state index in [9.17, 15) is 65.8 Å². The third-order valence-corrected chi connectivity index (χ3v) is 9.57. The Bertz CT molecular complexity index is 1900. The van der Waals surface area contributed by atoms with Crippen LogP contribution in [0.15, 0.2) is 45.6 Å². The lowest BCUT2D eigenvalue weighted by atomic mass is 9.97. The van der Waals surface area contributed by atoms with Crippen LogP contribution in [0.2, 0.25) is 0 Å². The SMILES string of the molecule is CC(=O)OCC1OC(Oc2c(-c3ccc(O)cc3)oc3cc(OC4OC(CO)C(O)C(O)C4O)cc(O)c3c2=O)C(OC2OC(C)C(O)C(O)C2O)C(O)C1O. The van der Waals surface area contributed by atoms with Gasteiger partial charge in [0.1, 0.15) is 95.9 Å². The molecule has 0 aliphatic carbocycles. The predicted molar refractivity (Wildman–Crippen MR) is 181 cm³/mol. The summed E-state index contributed by atoms with van der Waals surface area (Å²) in [6.07, 6.45) is -25.6. The maximum absolute atomic E-state index is 14.3. The van der Waals surface area contributed by atoms with E-state index in [-0.39, 0.29) is 28.4 Å². The Morgan fingerprint density at radius 2 is 1.36 bits per heavy atom. The van der Waals surface area contributed by atoms with E-state index < -0.39 is 134 Å². The first-order valence-corrected chi connectivity index (χ1v) is 17.3. The summed E-state index contributed by atoms with van der Waals surface area (Å²) in [4.78, 5) is 25.9. The number of ether oxygens (including phenoxy) is 7. The minimum absolute atomic E-state index is 0.0823. The number of carbonyl (C=O) groups is 1. The molecule has 308 valence electrons. The van der Waals surface area contributed by atoms with Crippen LogP contribution in [0, 0.1) is 0 Å². The number of aliphatic hydroxyl groups is 9. The summed E-state index contributed by atoms with van der Waals surface area (Å²) in [7, 11) is 0. The van der Waals surface area contributed by atoms with Crippen LogP contribution in [0.25, 0.3) is 22.3 Å². The van der Waals surface area contributed by atoms with E-state index in [1.165, 1.54) is 31.2 Å². The molecule has 15 unspecified atom stereocenters. The van der Waals surface area contributed by atoms with Gasteiger partial charge in [-0.25, -0.2) is 0 Å². The molecule has 2 aromatic carbocycles. The molecule has 3 aromatic rings. The van der Waals surface area contributed by atoms with Gasteiger partial charge in [0.2, 0.25) is 23.8 Å². The first-order chi connectivity index (χ1) is 26.5. The topological polar surface area (TPSA) is 334 Å². The van der Waals surface area contributed by atoms with Crippen molar-refractivity contribution in [1.29, 1.82) is 0 Å². The molecule has 21 nitrogen and oxygen atoms in total. The molecule has 3 aliphatic rings. The minimum atomic E-state index is -1.98. The highest BCUT2D eigenvalue weighted by Crippen LogP contribution is 2.39. The van der Waals surface area contributed by atoms with Crippen LogP contribution in [0.1, 0.15) is 13.8 Å². The number of fused-ring (bicyclic) bond motifs is 1. The van der Waals surface area contributed by atoms with Crippen molar-refractivity contribution in [3.63, 3.8) is 0 Å². The zero-order chi connectivity index (χ0) is 40.7. The fourth-order valence-electron chi connectivity index (χ4n) is 6.41. The summed E-state index contributed by atoms with van der Waals surface area (Å²) in [6.45, 7) is 1.06. The van der Waals surface area contributed by atoms with Gasteiger partial charge in [0.05, 0.1) is 12.7 Å². The normalized spacial score (nSPS) is 36.2. The summed E-state index contributed by atoms with van der Waals surface area (Å²) in [5, 5.41) is 114. The lowest BCUT2D eigenvalue weighted by Crippen LogP contribution is -2.64. The van der Waals surface area contributed by atoms with E-state index in [0.717, 1.165) is 19.1 Å². The van der Waals surface area contributed by atoms with Gasteiger partial charge in [0.25, 0.3) is 0 Å². The Morgan fingerprint density at radius 3 is 2.02 bits per heavy atom. The average Bonchev–Trinajstić information content (AvgIpc) is 3.16. The standard InChI is InChI=1S/C35H42O21/c1-11-21(40)25(44)28(47)33(50-11)56-32-27(46)23(42)19(10-49-12(2)37)54-35(32)55-31-24(43)20-16(39)7-15(51-34-29(48)26(45)22(41)18(9-36)53-34)8-17(20)52-30(31)13-3-5-14(38)6-4-13/h3-8,11,18-19,21-23,25-29,32-36,38-42,44-48H,9-10H2,1-2H3. The monoisotopic (exact) mass is 798 g/mol. The number of hydrogen-bond donors (Lipinski definition) is 11. The molecule has 0 spiro atoms. The third-order valence-electron chi connectivity index (χ3n) is 9.57. The van der Waals surface area contributed by atoms with Crippen LogP contribution in [-0.4, -0.2) is 167 Å². The van der Waals surface area contributed by atoms with Gasteiger partial charge in [-0.2, -0.15) is 0 Å². The molecule has 0 radical (unpaired) electrons. The van der Waals surface area contributed by atoms with E-state index in [4.69, 9.17) is 37.6 Å². The molecule has 3 saturated heterocycles. The van der Waals surface area contributed by atoms with Crippen LogP contribution in [0.3, 0.4) is 0 Å². The Morgan fingerprint density at radius 1 is 0.732 bits per heavy atom. The van der Waals surface area contributed by atoms with E-state index >= 15 is 0 Å². The molecule has 3 fully saturated rings. The predicted octanol–water partition coefficient (Wildman–Crippen LogP) is -3.35. The minimum Gasteiger partial charge on any atom is -0.508 e. The van der Waals surface area contributed by atoms with Gasteiger partial charge >= 0.3 is 5.97 Å². The van der Waals surface area contributed by atoms with E-state index in [2.05, 4.69) is 0 Å². The van der Waals surface area contributed by atoms with Gasteiger partial charge < -0.3 is 93.7 Å². The Labute approximate surface area is 315 Å². The summed E-state index contributed by atoms with van der Waals surface area (Å²) in [6, 6.07) is 7.14. The number of carbonyl (C=O) groups excluding carboxylic acids is 1. The number of aromatic hydroxyl groups is 2. The molecule has 21 heteroatoms. The van der Waals surface area contributed by atoms with Crippen molar-refractivity contribution in [2.24, 2.45) is 0 Å². The second kappa shape index (κ2) is 16.7. The molecule has 56 heavy (non-hydrogen) atoms. The molecule has 3 aliphatic heterocycles. The molecule has 0 saturated carbocycles. The summed E-state index contributed by atoms with van der Waals surface area (Å²) < 4.78 is 45.2. The molecule has 1 aromatic heterocycles. The smallest absolute Gasteiger partial charge is 0.302 e. The first-order valence-electron chi connectivity index (χ1n) is 17.3. The number of hydrogen-bond acceptors (Lipinski definition) is 21. The van der Waals surface area contributed by atoms with Crippen molar-refractivity contribution < 1.29 is 98.5 Å². The Kier molecular flexibility index (Phi) is 12.4. The van der Waals surface area contributed by atoms with Crippen molar-refractivity contribution in [2.75, 3.05) is 13.2 Å². The maximum atomic E-state index is 14.3. The Balaban J connectivity index is 1.42. The van der Waals surface area contributed by atoms with E-state index in [0.29, 0.717) is 0 Å². The van der Waals surface area contributed by atoms with Gasteiger partial charge in [-0.3, -0.25) is 9.59 Å². The highest BCUT2D eigenvalue weighted by Gasteiger charge is 2.52. The maximum Gasteiger partial charge on any atom is 0.302 e. The van der Waals surface area contributed by atoms with Crippen LogP contribution >= 0.6 is 0 Å². The van der Waals surface area contributed by atoms with Crippen molar-refractivity contribution in [2.45, 2.75) is 106 Å². The van der Waals surface area contributed by atoms with Gasteiger partial charge in [0, 0.05) is 24.6 Å². The van der Waals surface area contributed by atoms with Crippen molar-refractivity contribution in [3.05, 3.63) is 46.6 Å². The van der Waals surface area contributed by atoms with Crippen molar-refractivity contribution >= 4 is 16.9 Å². The fraction of sp³-hybridized carbons (Fsp3) is 0.543. The Hall–Kier alpha value is -4.20. The van der Waals surface area contributed by atoms with Crippen LogP contribution in [-0.2, 0) is 28.5 Å². The van der Waals surface area contributed by atoms with Crippen molar-refractivity contribution in [1.82, 2.24) is 0 Å². The number of phenols is 2. The molecule has 6 rings (SSSR count). The van der Waals surface area contributed by atoms with Crippen LogP contribution in [0.4, 0.5) is 0 Å². The van der Waals surface area contributed by atoms with Gasteiger partial charge in [-0.15, -0.1) is 0 Å². The quantitative estimate of drug-likeness (QED) is 0.0893. The summed E-state index contributed by atoms with van der Waals surface area (Å²) in [5.74, 6) is -3.11. The molecule has 4 heterocycles. The molecule has 0 bridgehead atoms. The number of aliphatic hydroxyl groups excluding tert-OH is 9. The van der Waals surface area contributed by atoms with Gasteiger partial charge in [-0.05, 0) is 31.2 Å². The number of esters is 1. The zero-order valence-electron chi connectivity index (χ0n) is 29.5. The third kappa shape index (κ3) is 8.13. The first kappa shape index (κ1) is 41.4. The van der Waals surface area contributed by atoms with Crippen LogP contribution in [0.5, 0.6) is 23.0 Å². The van der Waals surface area contributed by atoms with Gasteiger partial charge in [0.15, 0.2) is 18.2 Å². The highest BCUT2D eigenvalue weighted by molar-refractivity contribution is 5.88. The number of rotatable bonds is 10. The molecular weight excluding hydrogens is 756 g/mol. The summed E-state index contributed by atoms with van der Waals surface area (Å²) >= 11 is 0. The molecule has 0 amide bonds.